The van der Waals surface area contributed by atoms with Crippen molar-refractivity contribution in [2.24, 2.45) is 0 Å². The van der Waals surface area contributed by atoms with Crippen LogP contribution < -0.4 is 19.1 Å². The van der Waals surface area contributed by atoms with Crippen LogP contribution >= 0.6 is 23.4 Å². The van der Waals surface area contributed by atoms with Crippen LogP contribution in [0.15, 0.2) is 42.5 Å². The van der Waals surface area contributed by atoms with Crippen molar-refractivity contribution in [3.8, 4) is 11.5 Å². The van der Waals surface area contributed by atoms with Gasteiger partial charge in [0.2, 0.25) is 15.9 Å². The molecule has 0 saturated heterocycles. The van der Waals surface area contributed by atoms with Crippen molar-refractivity contribution < 1.29 is 22.7 Å². The number of hydrogen-bond acceptors (Lipinski definition) is 6. The van der Waals surface area contributed by atoms with Crippen LogP contribution in [-0.2, 0) is 20.6 Å². The number of halogens is 1. The Morgan fingerprint density at radius 1 is 1.10 bits per heavy atom. The number of sulfonamides is 1. The van der Waals surface area contributed by atoms with Gasteiger partial charge in [0.05, 0.1) is 26.2 Å². The molecule has 0 aliphatic rings. The third-order valence-electron chi connectivity index (χ3n) is 4.09. The van der Waals surface area contributed by atoms with Crippen molar-refractivity contribution in [2.75, 3.05) is 43.6 Å². The third kappa shape index (κ3) is 7.30. The minimum atomic E-state index is -3.67. The number of ether oxygens (including phenoxy) is 2. The number of rotatable bonds is 11. The number of thioether (sulfide) groups is 1. The van der Waals surface area contributed by atoms with Gasteiger partial charge in [0.25, 0.3) is 0 Å². The van der Waals surface area contributed by atoms with Crippen LogP contribution in [0, 0.1) is 0 Å². The average Bonchev–Trinajstić information content (AvgIpc) is 2.71. The molecule has 0 radical (unpaired) electrons. The van der Waals surface area contributed by atoms with E-state index in [1.54, 1.807) is 23.9 Å². The van der Waals surface area contributed by atoms with Gasteiger partial charge >= 0.3 is 0 Å². The van der Waals surface area contributed by atoms with Crippen LogP contribution in [0.1, 0.15) is 5.56 Å². The van der Waals surface area contributed by atoms with E-state index < -0.39 is 10.0 Å². The lowest BCUT2D eigenvalue weighted by molar-refractivity contribution is -0.119. The molecule has 1 N–H and O–H groups in total. The van der Waals surface area contributed by atoms with Crippen LogP contribution in [0.5, 0.6) is 11.5 Å². The standard InChI is InChI=1S/C20H25ClN2O5S2/c1-27-18-9-8-17(12-19(18)28-2)23(30(3,25)26)13-20(24)22-10-11-29-14-15-4-6-16(21)7-5-15/h4-9,12H,10-11,13-14H2,1-3H3,(H,22,24). The highest BCUT2D eigenvalue weighted by Crippen LogP contribution is 2.32. The largest absolute Gasteiger partial charge is 0.493 e. The molecule has 0 unspecified atom stereocenters. The highest BCUT2D eigenvalue weighted by Gasteiger charge is 2.22. The minimum absolute atomic E-state index is 0.322. The summed E-state index contributed by atoms with van der Waals surface area (Å²) in [5, 5.41) is 3.45. The summed E-state index contributed by atoms with van der Waals surface area (Å²) in [5.41, 5.74) is 1.47. The lowest BCUT2D eigenvalue weighted by Gasteiger charge is -2.23. The number of hydrogen-bond donors (Lipinski definition) is 1. The molecule has 10 heteroatoms. The quantitative estimate of drug-likeness (QED) is 0.505. The first kappa shape index (κ1) is 24.2. The van der Waals surface area contributed by atoms with E-state index in [0.717, 1.165) is 21.9 Å². The topological polar surface area (TPSA) is 84.9 Å². The Bertz CT molecular complexity index is 952. The van der Waals surface area contributed by atoms with Crippen molar-refractivity contribution in [3.63, 3.8) is 0 Å². The summed E-state index contributed by atoms with van der Waals surface area (Å²) in [6.45, 7) is 0.108. The van der Waals surface area contributed by atoms with Gasteiger partial charge in [-0.05, 0) is 29.8 Å². The van der Waals surface area contributed by atoms with Gasteiger partial charge in [-0.15, -0.1) is 0 Å². The highest BCUT2D eigenvalue weighted by atomic mass is 35.5. The maximum absolute atomic E-state index is 12.3. The van der Waals surface area contributed by atoms with Gasteiger partial charge in [-0.25, -0.2) is 8.42 Å². The molecule has 0 spiro atoms. The number of amides is 1. The van der Waals surface area contributed by atoms with E-state index in [9.17, 15) is 13.2 Å². The summed E-state index contributed by atoms with van der Waals surface area (Å²) < 4.78 is 35.9. The van der Waals surface area contributed by atoms with Gasteiger partial charge in [-0.2, -0.15) is 11.8 Å². The summed E-state index contributed by atoms with van der Waals surface area (Å²) in [6.07, 6.45) is 1.05. The van der Waals surface area contributed by atoms with Gasteiger partial charge in [-0.3, -0.25) is 9.10 Å². The van der Waals surface area contributed by atoms with Gasteiger partial charge in [-0.1, -0.05) is 23.7 Å². The van der Waals surface area contributed by atoms with Gasteiger partial charge in [0.1, 0.15) is 6.54 Å². The first-order valence-electron chi connectivity index (χ1n) is 9.03. The third-order valence-corrected chi connectivity index (χ3v) is 6.52. The molecule has 0 fully saturated rings. The van der Waals surface area contributed by atoms with E-state index in [1.165, 1.54) is 20.3 Å². The fourth-order valence-corrected chi connectivity index (χ4v) is 4.39. The van der Waals surface area contributed by atoms with E-state index in [0.29, 0.717) is 34.5 Å². The fourth-order valence-electron chi connectivity index (χ4n) is 2.60. The zero-order valence-electron chi connectivity index (χ0n) is 17.1. The summed E-state index contributed by atoms with van der Waals surface area (Å²) in [7, 11) is -0.723. The molecule has 2 rings (SSSR count). The molecular weight excluding hydrogens is 448 g/mol. The lowest BCUT2D eigenvalue weighted by Crippen LogP contribution is -2.41. The van der Waals surface area contributed by atoms with Crippen LogP contribution in [0.4, 0.5) is 5.69 Å². The molecule has 164 valence electrons. The van der Waals surface area contributed by atoms with Gasteiger partial charge in [0, 0.05) is 29.1 Å². The number of methoxy groups -OCH3 is 2. The predicted molar refractivity (Wildman–Crippen MR) is 122 cm³/mol. The summed E-state index contributed by atoms with van der Waals surface area (Å²) >= 11 is 7.53. The molecule has 0 aliphatic carbocycles. The predicted octanol–water partition coefficient (Wildman–Crippen LogP) is 3.17. The number of benzene rings is 2. The maximum Gasteiger partial charge on any atom is 0.240 e. The first-order valence-corrected chi connectivity index (χ1v) is 12.4. The van der Waals surface area contributed by atoms with Gasteiger partial charge < -0.3 is 14.8 Å². The number of carbonyl (C=O) groups excluding carboxylic acids is 1. The first-order chi connectivity index (χ1) is 14.2. The van der Waals surface area contributed by atoms with Crippen LogP contribution in [0.3, 0.4) is 0 Å². The number of nitrogens with one attached hydrogen (secondary N) is 1. The fraction of sp³-hybridized carbons (Fsp3) is 0.350. The molecule has 1 amide bonds. The molecule has 0 heterocycles. The van der Waals surface area contributed by atoms with E-state index >= 15 is 0 Å². The Kier molecular flexibility index (Phi) is 9.13. The van der Waals surface area contributed by atoms with Crippen molar-refractivity contribution in [3.05, 3.63) is 53.1 Å². The van der Waals surface area contributed by atoms with E-state index in [4.69, 9.17) is 21.1 Å². The smallest absolute Gasteiger partial charge is 0.240 e. The molecule has 0 bridgehead atoms. The zero-order chi connectivity index (χ0) is 22.1. The van der Waals surface area contributed by atoms with Crippen molar-refractivity contribution in [2.45, 2.75) is 5.75 Å². The molecule has 0 atom stereocenters. The summed E-state index contributed by atoms with van der Waals surface area (Å²) in [4.78, 5) is 12.3. The molecule has 2 aromatic carbocycles. The van der Waals surface area contributed by atoms with Gasteiger partial charge in [0.15, 0.2) is 11.5 Å². The molecule has 7 nitrogen and oxygen atoms in total. The number of anilines is 1. The maximum atomic E-state index is 12.3. The lowest BCUT2D eigenvalue weighted by atomic mass is 10.2. The van der Waals surface area contributed by atoms with Crippen molar-refractivity contribution in [1.82, 2.24) is 5.32 Å². The van der Waals surface area contributed by atoms with Crippen LogP contribution in [0.2, 0.25) is 5.02 Å². The number of carbonyl (C=O) groups is 1. The average molecular weight is 473 g/mol. The second-order valence-corrected chi connectivity index (χ2v) is 9.79. The van der Waals surface area contributed by atoms with Crippen molar-refractivity contribution in [1.29, 1.82) is 0 Å². The highest BCUT2D eigenvalue weighted by molar-refractivity contribution is 7.98. The second kappa shape index (κ2) is 11.3. The van der Waals surface area contributed by atoms with Crippen molar-refractivity contribution >= 4 is 45.0 Å². The molecule has 0 saturated carbocycles. The van der Waals surface area contributed by atoms with E-state index in [1.807, 2.05) is 24.3 Å². The van der Waals surface area contributed by atoms with Crippen LogP contribution in [-0.4, -0.2) is 53.6 Å². The Morgan fingerprint density at radius 2 is 1.77 bits per heavy atom. The monoisotopic (exact) mass is 472 g/mol. The zero-order valence-corrected chi connectivity index (χ0v) is 19.4. The Labute approximate surface area is 186 Å². The minimum Gasteiger partial charge on any atom is -0.493 e. The number of nitrogens with zero attached hydrogens (tertiary/aromatic N) is 1. The molecule has 30 heavy (non-hydrogen) atoms. The van der Waals surface area contributed by atoms with E-state index in [-0.39, 0.29) is 12.5 Å². The molecule has 2 aromatic rings. The molecule has 0 aromatic heterocycles. The molecular formula is C20H25ClN2O5S2. The summed E-state index contributed by atoms with van der Waals surface area (Å²) in [5.74, 6) is 1.96. The normalized spacial score (nSPS) is 11.1. The Morgan fingerprint density at radius 3 is 2.37 bits per heavy atom. The Hall–Kier alpha value is -2.10. The second-order valence-electron chi connectivity index (χ2n) is 6.34. The van der Waals surface area contributed by atoms with E-state index in [2.05, 4.69) is 5.32 Å². The van der Waals surface area contributed by atoms with Crippen LogP contribution in [0.25, 0.3) is 0 Å². The molecule has 0 aliphatic heterocycles. The Balaban J connectivity index is 1.90. The summed E-state index contributed by atoms with van der Waals surface area (Å²) in [6, 6.07) is 12.3. The SMILES string of the molecule is COc1ccc(N(CC(=O)NCCSCc2ccc(Cl)cc2)S(C)(=O)=O)cc1OC.